The summed E-state index contributed by atoms with van der Waals surface area (Å²) in [7, 11) is 0. The van der Waals surface area contributed by atoms with Crippen LogP contribution in [-0.2, 0) is 0 Å². The molecular weight excluding hydrogens is 1350 g/mol. The van der Waals surface area contributed by atoms with E-state index in [9.17, 15) is 0 Å². The van der Waals surface area contributed by atoms with Gasteiger partial charge in [0.25, 0.3) is 0 Å². The summed E-state index contributed by atoms with van der Waals surface area (Å²) in [5.41, 5.74) is 65.0. The molecule has 16 nitrogen and oxygen atoms in total. The summed E-state index contributed by atoms with van der Waals surface area (Å²) >= 11 is 0. The van der Waals surface area contributed by atoms with Crippen LogP contribution in [0.25, 0.3) is 0 Å². The Kier molecular flexibility index (Phi) is 24.9. The normalized spacial score (nSPS) is 15.8. The van der Waals surface area contributed by atoms with Gasteiger partial charge in [-0.2, -0.15) is 0 Å². The number of fused-ring (bicyclic) bond motifs is 4. The van der Waals surface area contributed by atoms with Crippen molar-refractivity contribution in [2.24, 2.45) is 0 Å². The Morgan fingerprint density at radius 2 is 0.324 bits per heavy atom. The summed E-state index contributed by atoms with van der Waals surface area (Å²) in [6.07, 6.45) is 40.2. The second-order valence-corrected chi connectivity index (χ2v) is 30.4. The number of rotatable bonds is 36. The highest BCUT2D eigenvalue weighted by atomic mass is 16.5. The molecule has 16 N–H and O–H groups in total. The highest BCUT2D eigenvalue weighted by molar-refractivity contribution is 5.77. The third kappa shape index (κ3) is 17.4. The standard InChI is InChI=1S/C92H112N8O8/c1-5-9-13-17-21-25-29-33-37-57-61-41-63-58(38-34-30-26-22-18-14-10-6-2)65-43-67-60(40-36-32-28-24-20-16-12-8-4)68-44-66-59(39-35-31-27-23-19-15-11-7-3)64-42-62(57)78-54-80(64)104-88-48-72(96)74(98)50-90(88)106-82(66)56-84(68)108-92-52-76(100)75(99)51-91(92)107-83(67)55-81(65)105-89-49-73(97)71(95)47-87(89)103-79(63)53-77(61)101-85-45-69(93)70(94)46-86(85)102-78/h5-8,41-60H,1-4,9-40,93-100H2. The van der Waals surface area contributed by atoms with Crippen LogP contribution >= 0.6 is 0 Å². The fraction of sp³-hybridized carbons (Fsp3) is 0.391. The molecule has 108 heavy (non-hydrogen) atoms. The molecule has 4 aliphatic heterocycles. The molecule has 1 aliphatic carbocycles. The van der Waals surface area contributed by atoms with E-state index >= 15 is 0 Å². The number of nitrogens with two attached hydrogens (primary N) is 8. The highest BCUT2D eigenvalue weighted by Crippen LogP contribution is 2.61. The van der Waals surface area contributed by atoms with Gasteiger partial charge in [-0.1, -0.05) is 153 Å². The van der Waals surface area contributed by atoms with Crippen molar-refractivity contribution < 1.29 is 37.9 Å². The first-order valence-corrected chi connectivity index (χ1v) is 40.0. The lowest BCUT2D eigenvalue weighted by atomic mass is 9.76. The summed E-state index contributed by atoms with van der Waals surface area (Å²) < 4.78 is 60.0. The molecule has 8 bridgehead atoms. The highest BCUT2D eigenvalue weighted by Gasteiger charge is 2.39. The zero-order valence-corrected chi connectivity index (χ0v) is 63.2. The summed E-state index contributed by atoms with van der Waals surface area (Å²) in [4.78, 5) is 0. The summed E-state index contributed by atoms with van der Waals surface area (Å²) in [6.45, 7) is 16.0. The van der Waals surface area contributed by atoms with Crippen molar-refractivity contribution in [1.82, 2.24) is 0 Å². The molecule has 0 spiro atoms. The Morgan fingerprint density at radius 1 is 0.185 bits per heavy atom. The van der Waals surface area contributed by atoms with Crippen molar-refractivity contribution in [2.45, 2.75) is 229 Å². The fourth-order valence-electron chi connectivity index (χ4n) is 16.5. The zero-order valence-electron chi connectivity index (χ0n) is 63.2. The molecule has 16 heteroatoms. The van der Waals surface area contributed by atoms with Gasteiger partial charge in [0.05, 0.1) is 45.5 Å². The Hall–Kier alpha value is -10.5. The van der Waals surface area contributed by atoms with Gasteiger partial charge in [0.15, 0.2) is 46.0 Å². The van der Waals surface area contributed by atoms with Gasteiger partial charge in [-0.15, -0.1) is 26.3 Å². The van der Waals surface area contributed by atoms with Crippen LogP contribution in [0, 0.1) is 0 Å². The first-order chi connectivity index (χ1) is 52.7. The maximum absolute atomic E-state index is 7.49. The molecule has 0 unspecified atom stereocenters. The van der Waals surface area contributed by atoms with E-state index in [1.807, 2.05) is 24.3 Å². The van der Waals surface area contributed by atoms with Crippen molar-refractivity contribution >= 4 is 45.5 Å². The molecule has 0 atom stereocenters. The lowest BCUT2D eigenvalue weighted by Gasteiger charge is -2.30. The first kappa shape index (κ1) is 75.7. The summed E-state index contributed by atoms with van der Waals surface area (Å²) in [6, 6.07) is 31.7. The molecule has 0 saturated carbocycles. The average molecular weight is 1460 g/mol. The van der Waals surface area contributed by atoms with Crippen molar-refractivity contribution in [1.29, 1.82) is 0 Å². The van der Waals surface area contributed by atoms with Gasteiger partial charge in [-0.3, -0.25) is 0 Å². The second kappa shape index (κ2) is 35.5. The Bertz CT molecular complexity index is 3790. The molecule has 0 radical (unpaired) electrons. The number of hydrogen-bond donors (Lipinski definition) is 8. The minimum absolute atomic E-state index is 0.328. The van der Waals surface area contributed by atoms with Crippen molar-refractivity contribution in [2.75, 3.05) is 45.9 Å². The van der Waals surface area contributed by atoms with Crippen LogP contribution in [0.5, 0.6) is 92.0 Å². The van der Waals surface area contributed by atoms with Gasteiger partial charge in [-0.25, -0.2) is 0 Å². The van der Waals surface area contributed by atoms with E-state index in [2.05, 4.69) is 74.8 Å². The smallest absolute Gasteiger partial charge is 0.172 e. The topological polar surface area (TPSA) is 282 Å². The van der Waals surface area contributed by atoms with Crippen LogP contribution in [0.1, 0.15) is 274 Å². The quantitative estimate of drug-likeness (QED) is 0.0103. The largest absolute Gasteiger partial charge is 0.453 e. The molecule has 0 saturated heterocycles. The number of benzene rings is 8. The molecule has 8 aromatic carbocycles. The van der Waals surface area contributed by atoms with Crippen LogP contribution in [-0.4, -0.2) is 0 Å². The van der Waals surface area contributed by atoms with Crippen molar-refractivity contribution in [3.05, 3.63) is 192 Å². The lowest BCUT2D eigenvalue weighted by Crippen LogP contribution is -2.13. The fourth-order valence-corrected chi connectivity index (χ4v) is 16.5. The predicted octanol–water partition coefficient (Wildman–Crippen LogP) is 26.0. The molecule has 0 aromatic heterocycles. The van der Waals surface area contributed by atoms with Gasteiger partial charge in [-0.05, 0) is 101 Å². The van der Waals surface area contributed by atoms with Gasteiger partial charge >= 0.3 is 0 Å². The van der Waals surface area contributed by atoms with Gasteiger partial charge in [0.1, 0.15) is 46.0 Å². The van der Waals surface area contributed by atoms with E-state index in [1.165, 1.54) is 0 Å². The van der Waals surface area contributed by atoms with Gasteiger partial charge in [0, 0.05) is 141 Å². The van der Waals surface area contributed by atoms with Crippen LogP contribution in [0.4, 0.5) is 45.5 Å². The first-order valence-electron chi connectivity index (χ1n) is 40.0. The Balaban J connectivity index is 1.15. The van der Waals surface area contributed by atoms with E-state index in [4.69, 9.17) is 83.8 Å². The molecule has 8 aromatic rings. The number of hydrogen-bond acceptors (Lipinski definition) is 16. The number of allylic oxidation sites excluding steroid dienone is 4. The van der Waals surface area contributed by atoms with Crippen molar-refractivity contribution in [3.8, 4) is 92.0 Å². The van der Waals surface area contributed by atoms with Crippen LogP contribution in [0.15, 0.2) is 148 Å². The van der Waals surface area contributed by atoms with Gasteiger partial charge < -0.3 is 83.8 Å². The number of anilines is 8. The number of ether oxygens (including phenoxy) is 8. The second-order valence-electron chi connectivity index (χ2n) is 30.4. The Morgan fingerprint density at radius 3 is 0.472 bits per heavy atom. The molecule has 0 amide bonds. The molecular formula is C92H112N8O8. The van der Waals surface area contributed by atoms with Crippen LogP contribution < -0.4 is 83.8 Å². The average Bonchev–Trinajstić information content (AvgIpc) is 1.45. The summed E-state index contributed by atoms with van der Waals surface area (Å²) in [5, 5.41) is 0. The van der Waals surface area contributed by atoms with E-state index < -0.39 is 0 Å². The Labute approximate surface area is 639 Å². The molecule has 5 aliphatic rings. The molecule has 0 fully saturated rings. The van der Waals surface area contributed by atoms with Crippen molar-refractivity contribution in [3.63, 3.8) is 0 Å². The van der Waals surface area contributed by atoms with Crippen LogP contribution in [0.2, 0.25) is 0 Å². The van der Waals surface area contributed by atoms with E-state index in [-0.39, 0.29) is 23.7 Å². The van der Waals surface area contributed by atoms with Gasteiger partial charge in [0.2, 0.25) is 0 Å². The predicted molar refractivity (Wildman–Crippen MR) is 443 cm³/mol. The SMILES string of the molecule is C=CCCCCCCCCC1c2cc3c4cc2Oc2cc(N)c(N)cc2Oc2cc5c(cc21)C(CCCCCCCCC=C)c1cc2c(cc1Oc1cc(N)c(N)cc1O5)Oc1cc(N)c(N)cc1Oc1cc(c(cc1C2CCCCCCCCC=C)C3CCCCCCCCC=C)Oc1cc(N)c(N)cc1O4. The minimum Gasteiger partial charge on any atom is -0.453 e. The van der Waals surface area contributed by atoms with Crippen LogP contribution in [0.3, 0.4) is 0 Å². The third-order valence-corrected chi connectivity index (χ3v) is 22.5. The number of nitrogen functional groups attached to an aromatic ring is 8. The maximum Gasteiger partial charge on any atom is 0.172 e. The zero-order chi connectivity index (χ0) is 75.2. The van der Waals surface area contributed by atoms with E-state index in [0.29, 0.717) is 163 Å². The van der Waals surface area contributed by atoms with E-state index in [0.717, 1.165) is 224 Å². The summed E-state index contributed by atoms with van der Waals surface area (Å²) in [5.74, 6) is 5.81. The monoisotopic (exact) mass is 1460 g/mol. The lowest BCUT2D eigenvalue weighted by molar-refractivity contribution is 0.400. The molecule has 13 rings (SSSR count). The molecule has 568 valence electrons. The third-order valence-electron chi connectivity index (χ3n) is 22.5. The minimum atomic E-state index is -0.371. The van der Waals surface area contributed by atoms with E-state index in [1.54, 1.807) is 48.5 Å². The maximum atomic E-state index is 7.49. The molecule has 4 heterocycles. The number of unbranched alkanes of at least 4 members (excludes halogenated alkanes) is 24.